The van der Waals surface area contributed by atoms with Gasteiger partial charge in [0.05, 0.1) is 18.1 Å². The summed E-state index contributed by atoms with van der Waals surface area (Å²) >= 11 is 1.40. The second-order valence-electron chi connectivity index (χ2n) is 2.90. The zero-order chi connectivity index (χ0) is 10.7. The summed E-state index contributed by atoms with van der Waals surface area (Å²) in [5, 5.41) is 10.9. The van der Waals surface area contributed by atoms with E-state index in [1.807, 2.05) is 11.4 Å². The molecule has 2 heterocycles. The summed E-state index contributed by atoms with van der Waals surface area (Å²) in [5.74, 6) is -0.932. The van der Waals surface area contributed by atoms with Crippen molar-refractivity contribution in [2.24, 2.45) is 0 Å². The zero-order valence-electron chi connectivity index (χ0n) is 7.71. The molecule has 0 spiro atoms. The third kappa shape index (κ3) is 2.16. The van der Waals surface area contributed by atoms with E-state index < -0.39 is 5.97 Å². The van der Waals surface area contributed by atoms with Crippen LogP contribution in [0.4, 0.5) is 0 Å². The lowest BCUT2D eigenvalue weighted by molar-refractivity contribution is -0.130. The molecule has 0 bridgehead atoms. The molecule has 0 aliphatic heterocycles. The smallest absolute Gasteiger partial charge is 0.337 e. The predicted molar refractivity (Wildman–Crippen MR) is 58.5 cm³/mol. The van der Waals surface area contributed by atoms with Crippen molar-refractivity contribution in [2.45, 2.75) is 0 Å². The third-order valence-corrected chi connectivity index (χ3v) is 2.77. The normalized spacial score (nSPS) is 11.6. The van der Waals surface area contributed by atoms with Crippen LogP contribution in [0.2, 0.25) is 0 Å². The quantitative estimate of drug-likeness (QED) is 0.809. The Morgan fingerprint density at radius 1 is 1.47 bits per heavy atom. The number of carbonyl (C=O) groups is 1. The van der Waals surface area contributed by atoms with Crippen molar-refractivity contribution in [1.82, 2.24) is 0 Å². The fourth-order valence-corrected chi connectivity index (χ4v) is 1.93. The van der Waals surface area contributed by atoms with Crippen molar-refractivity contribution in [3.63, 3.8) is 0 Å². The molecule has 0 atom stereocenters. The van der Waals surface area contributed by atoms with Crippen molar-refractivity contribution in [3.05, 3.63) is 46.5 Å². The number of thiophene rings is 1. The van der Waals surface area contributed by atoms with E-state index in [0.717, 1.165) is 10.4 Å². The molecular weight excluding hydrogens is 212 g/mol. The van der Waals surface area contributed by atoms with Crippen LogP contribution >= 0.6 is 11.3 Å². The maximum absolute atomic E-state index is 11.0. The lowest BCUT2D eigenvalue weighted by Gasteiger charge is -1.96. The van der Waals surface area contributed by atoms with Gasteiger partial charge in [0.15, 0.2) is 0 Å². The van der Waals surface area contributed by atoms with Crippen molar-refractivity contribution in [3.8, 4) is 0 Å². The maximum Gasteiger partial charge on any atom is 0.337 e. The average Bonchev–Trinajstić information content (AvgIpc) is 2.87. The molecular formula is C11H8O3S. The molecule has 1 N–H and O–H groups in total. The van der Waals surface area contributed by atoms with E-state index >= 15 is 0 Å². The molecule has 0 aliphatic carbocycles. The van der Waals surface area contributed by atoms with E-state index in [4.69, 9.17) is 9.52 Å². The Bertz CT molecular complexity index is 466. The molecule has 2 aromatic rings. The third-order valence-electron chi connectivity index (χ3n) is 1.87. The van der Waals surface area contributed by atoms with Gasteiger partial charge in [-0.25, -0.2) is 4.79 Å². The number of rotatable bonds is 3. The minimum absolute atomic E-state index is 0.284. The molecule has 2 aromatic heterocycles. The molecule has 0 aliphatic rings. The van der Waals surface area contributed by atoms with E-state index in [9.17, 15) is 4.79 Å². The lowest BCUT2D eigenvalue weighted by Crippen LogP contribution is -1.97. The Balaban J connectivity index is 2.41. The van der Waals surface area contributed by atoms with E-state index in [1.54, 1.807) is 18.2 Å². The van der Waals surface area contributed by atoms with Crippen LogP contribution in [0, 0.1) is 0 Å². The van der Waals surface area contributed by atoms with Gasteiger partial charge in [-0.2, -0.15) is 0 Å². The molecule has 15 heavy (non-hydrogen) atoms. The second kappa shape index (κ2) is 4.14. The average molecular weight is 220 g/mol. The largest absolute Gasteiger partial charge is 0.478 e. The minimum atomic E-state index is -0.932. The maximum atomic E-state index is 11.0. The van der Waals surface area contributed by atoms with Crippen LogP contribution in [0.5, 0.6) is 0 Å². The highest BCUT2D eigenvalue weighted by molar-refractivity contribution is 7.11. The fourth-order valence-electron chi connectivity index (χ4n) is 1.19. The van der Waals surface area contributed by atoms with Gasteiger partial charge in [-0.1, -0.05) is 6.07 Å². The van der Waals surface area contributed by atoms with E-state index in [2.05, 4.69) is 0 Å². The Morgan fingerprint density at radius 2 is 2.33 bits per heavy atom. The van der Waals surface area contributed by atoms with Crippen molar-refractivity contribution in [1.29, 1.82) is 0 Å². The number of aliphatic carboxylic acids is 1. The summed E-state index contributed by atoms with van der Waals surface area (Å²) in [6, 6.07) is 5.33. The number of carboxylic acids is 1. The van der Waals surface area contributed by atoms with Gasteiger partial charge in [0.25, 0.3) is 0 Å². The first kappa shape index (κ1) is 9.73. The monoisotopic (exact) mass is 220 g/mol. The fraction of sp³-hybridized carbons (Fsp3) is 0. The first-order chi connectivity index (χ1) is 7.27. The molecule has 0 amide bonds. The highest BCUT2D eigenvalue weighted by Crippen LogP contribution is 2.23. The molecule has 3 nitrogen and oxygen atoms in total. The molecule has 2 rings (SSSR count). The molecule has 0 unspecified atom stereocenters. The van der Waals surface area contributed by atoms with Gasteiger partial charge in [0, 0.05) is 10.4 Å². The van der Waals surface area contributed by atoms with Crippen LogP contribution in [-0.4, -0.2) is 11.1 Å². The van der Waals surface area contributed by atoms with Gasteiger partial charge in [-0.15, -0.1) is 11.3 Å². The standard InChI is InChI=1S/C11H8O3S/c12-11(13)9(10-2-1-5-15-10)6-8-3-4-14-7-8/h1-7H,(H,12,13)/b9-6+. The number of hydrogen-bond acceptors (Lipinski definition) is 3. The van der Waals surface area contributed by atoms with E-state index in [-0.39, 0.29) is 5.57 Å². The lowest BCUT2D eigenvalue weighted by atomic mass is 10.1. The van der Waals surface area contributed by atoms with Gasteiger partial charge in [0.1, 0.15) is 0 Å². The first-order valence-corrected chi connectivity index (χ1v) is 5.16. The van der Waals surface area contributed by atoms with Crippen molar-refractivity contribution in [2.75, 3.05) is 0 Å². The van der Waals surface area contributed by atoms with Crippen LogP contribution in [0.25, 0.3) is 11.6 Å². The van der Waals surface area contributed by atoms with Crippen molar-refractivity contribution >= 4 is 29.0 Å². The summed E-state index contributed by atoms with van der Waals surface area (Å²) in [6.45, 7) is 0. The Morgan fingerprint density at radius 3 is 2.87 bits per heavy atom. The Labute approximate surface area is 90.3 Å². The number of carboxylic acid groups (broad SMARTS) is 1. The first-order valence-electron chi connectivity index (χ1n) is 4.28. The van der Waals surface area contributed by atoms with Gasteiger partial charge >= 0.3 is 5.97 Å². The van der Waals surface area contributed by atoms with Crippen LogP contribution in [0.1, 0.15) is 10.4 Å². The van der Waals surface area contributed by atoms with Gasteiger partial charge < -0.3 is 9.52 Å². The molecule has 0 fully saturated rings. The summed E-state index contributed by atoms with van der Waals surface area (Å²) in [6.07, 6.45) is 4.62. The SMILES string of the molecule is O=C(O)/C(=C/c1ccoc1)c1cccs1. The van der Waals surface area contributed by atoms with E-state index in [0.29, 0.717) is 0 Å². The second-order valence-corrected chi connectivity index (χ2v) is 3.84. The zero-order valence-corrected chi connectivity index (χ0v) is 8.53. The molecule has 76 valence electrons. The van der Waals surface area contributed by atoms with Gasteiger partial charge in [0.2, 0.25) is 0 Å². The van der Waals surface area contributed by atoms with Gasteiger partial charge in [-0.3, -0.25) is 0 Å². The minimum Gasteiger partial charge on any atom is -0.478 e. The molecule has 0 saturated carbocycles. The molecule has 0 aromatic carbocycles. The van der Waals surface area contributed by atoms with E-state index in [1.165, 1.54) is 23.9 Å². The highest BCUT2D eigenvalue weighted by atomic mass is 32.1. The molecule has 0 saturated heterocycles. The summed E-state index contributed by atoms with van der Waals surface area (Å²) in [4.78, 5) is 11.8. The van der Waals surface area contributed by atoms with Crippen molar-refractivity contribution < 1.29 is 14.3 Å². The molecule has 0 radical (unpaired) electrons. The molecule has 4 heteroatoms. The summed E-state index contributed by atoms with van der Waals surface area (Å²) in [7, 11) is 0. The number of furan rings is 1. The summed E-state index contributed by atoms with van der Waals surface area (Å²) < 4.78 is 4.88. The van der Waals surface area contributed by atoms with Crippen LogP contribution in [0.15, 0.2) is 40.5 Å². The Kier molecular flexibility index (Phi) is 2.69. The highest BCUT2D eigenvalue weighted by Gasteiger charge is 2.11. The topological polar surface area (TPSA) is 50.4 Å². The van der Waals surface area contributed by atoms with Crippen LogP contribution in [-0.2, 0) is 4.79 Å². The van der Waals surface area contributed by atoms with Crippen LogP contribution in [0.3, 0.4) is 0 Å². The van der Waals surface area contributed by atoms with Gasteiger partial charge in [-0.05, 0) is 23.6 Å². The summed E-state index contributed by atoms with van der Waals surface area (Å²) in [5.41, 5.74) is 1.03. The predicted octanol–water partition coefficient (Wildman–Crippen LogP) is 2.97. The Hall–Kier alpha value is -1.81. The number of hydrogen-bond donors (Lipinski definition) is 1. The van der Waals surface area contributed by atoms with Crippen LogP contribution < -0.4 is 0 Å².